The molecule has 3 aliphatic rings. The Morgan fingerprint density at radius 2 is 1.68 bits per heavy atom. The van der Waals surface area contributed by atoms with E-state index < -0.39 is 0 Å². The van der Waals surface area contributed by atoms with E-state index in [-0.39, 0.29) is 23.8 Å². The summed E-state index contributed by atoms with van der Waals surface area (Å²) in [6, 6.07) is 11.8. The molecule has 9 heteroatoms. The molecule has 0 saturated carbocycles. The van der Waals surface area contributed by atoms with Crippen molar-refractivity contribution in [3.8, 4) is 0 Å². The number of amides is 2. The molecule has 0 radical (unpaired) electrons. The van der Waals surface area contributed by atoms with Gasteiger partial charge >= 0.3 is 0 Å². The second kappa shape index (κ2) is 9.89. The van der Waals surface area contributed by atoms with Gasteiger partial charge in [0.2, 0.25) is 11.9 Å². The summed E-state index contributed by atoms with van der Waals surface area (Å²) in [7, 11) is 2.07. The molecule has 34 heavy (non-hydrogen) atoms. The van der Waals surface area contributed by atoms with E-state index in [4.69, 9.17) is 0 Å². The normalized spacial score (nSPS) is 21.8. The van der Waals surface area contributed by atoms with E-state index in [9.17, 15) is 9.59 Å². The van der Waals surface area contributed by atoms with Gasteiger partial charge in [0.05, 0.1) is 6.04 Å². The molecule has 1 aromatic heterocycles. The van der Waals surface area contributed by atoms with Crippen LogP contribution in [-0.2, 0) is 4.79 Å². The Hall–Kier alpha value is -3.33. The minimum absolute atomic E-state index is 0.0210. The molecule has 0 bridgehead atoms. The van der Waals surface area contributed by atoms with Gasteiger partial charge in [-0.3, -0.25) is 9.59 Å². The first-order valence-electron chi connectivity index (χ1n) is 12.1. The monoisotopic (exact) mass is 461 g/mol. The minimum Gasteiger partial charge on any atom is -0.341 e. The number of carbonyl (C=O) groups excluding carboxylic acids is 2. The van der Waals surface area contributed by atoms with Crippen molar-refractivity contribution in [2.24, 2.45) is 11.0 Å². The highest BCUT2D eigenvalue weighted by Crippen LogP contribution is 2.32. The number of carbonyl (C=O) groups is 2. The first-order chi connectivity index (χ1) is 16.6. The average Bonchev–Trinajstić information content (AvgIpc) is 3.39. The molecular weight excluding hydrogens is 430 g/mol. The predicted octanol–water partition coefficient (Wildman–Crippen LogP) is 2.04. The molecule has 178 valence electrons. The molecule has 3 aliphatic heterocycles. The van der Waals surface area contributed by atoms with Crippen LogP contribution in [0.15, 0.2) is 47.7 Å². The fraction of sp³-hybridized carbons (Fsp3) is 0.480. The molecule has 0 aliphatic carbocycles. The zero-order chi connectivity index (χ0) is 23.5. The Kier molecular flexibility index (Phi) is 6.53. The summed E-state index contributed by atoms with van der Waals surface area (Å²) in [5.74, 6) is 0.530. The predicted molar refractivity (Wildman–Crippen MR) is 130 cm³/mol. The molecule has 2 amide bonds. The summed E-state index contributed by atoms with van der Waals surface area (Å²) in [5.41, 5.74) is 1.55. The SMILES string of the molecule is CN1CCN(C(=O)c2ccnc(N3CCC(C(=O)N4N=CC[C@H]4c4ccccc4)CC3)n2)CC1. The molecule has 2 saturated heterocycles. The van der Waals surface area contributed by atoms with Crippen LogP contribution in [-0.4, -0.2) is 89.1 Å². The molecular formula is C25H31N7O2. The summed E-state index contributed by atoms with van der Waals surface area (Å²) < 4.78 is 0. The van der Waals surface area contributed by atoms with Crippen molar-refractivity contribution < 1.29 is 9.59 Å². The molecule has 1 aromatic carbocycles. The van der Waals surface area contributed by atoms with Crippen LogP contribution >= 0.6 is 0 Å². The number of hydrogen-bond acceptors (Lipinski definition) is 7. The number of piperazine rings is 1. The van der Waals surface area contributed by atoms with Gasteiger partial charge in [-0.1, -0.05) is 30.3 Å². The average molecular weight is 462 g/mol. The van der Waals surface area contributed by atoms with Crippen molar-refractivity contribution in [1.82, 2.24) is 24.8 Å². The fourth-order valence-electron chi connectivity index (χ4n) is 4.88. The van der Waals surface area contributed by atoms with Crippen LogP contribution in [0.4, 0.5) is 5.95 Å². The smallest absolute Gasteiger partial charge is 0.272 e. The van der Waals surface area contributed by atoms with Crippen molar-refractivity contribution >= 4 is 24.0 Å². The standard InChI is InChI=1S/C25H31N7O2/c1-29-15-17-30(18-16-29)24(34)21-7-11-26-25(28-21)31-13-9-20(10-14-31)23(33)32-22(8-12-27-32)19-5-3-2-4-6-19/h2-7,11-12,20,22H,8-10,13-18H2,1H3/t22-/m0/s1. The third-order valence-electron chi connectivity index (χ3n) is 7.02. The lowest BCUT2D eigenvalue weighted by molar-refractivity contribution is -0.138. The molecule has 0 spiro atoms. The molecule has 0 N–H and O–H groups in total. The number of hydrazone groups is 1. The third kappa shape index (κ3) is 4.65. The Bertz CT molecular complexity index is 1040. The number of hydrogen-bond donors (Lipinski definition) is 0. The van der Waals surface area contributed by atoms with Gasteiger partial charge in [-0.2, -0.15) is 5.10 Å². The molecule has 5 rings (SSSR count). The lowest BCUT2D eigenvalue weighted by Gasteiger charge is -2.34. The third-order valence-corrected chi connectivity index (χ3v) is 7.02. The Balaban J connectivity index is 1.20. The lowest BCUT2D eigenvalue weighted by Crippen LogP contribution is -2.47. The van der Waals surface area contributed by atoms with E-state index in [0.717, 1.165) is 25.1 Å². The van der Waals surface area contributed by atoms with Gasteiger partial charge in [0.25, 0.3) is 5.91 Å². The minimum atomic E-state index is -0.0760. The molecule has 0 unspecified atom stereocenters. The molecule has 4 heterocycles. The van der Waals surface area contributed by atoms with Gasteiger partial charge in [0.15, 0.2) is 0 Å². The number of aromatic nitrogens is 2. The highest BCUT2D eigenvalue weighted by atomic mass is 16.2. The highest BCUT2D eigenvalue weighted by molar-refractivity contribution is 5.92. The van der Waals surface area contributed by atoms with Crippen molar-refractivity contribution in [1.29, 1.82) is 0 Å². The Morgan fingerprint density at radius 3 is 2.41 bits per heavy atom. The summed E-state index contributed by atoms with van der Waals surface area (Å²) in [5, 5.41) is 6.07. The summed E-state index contributed by atoms with van der Waals surface area (Å²) in [6.07, 6.45) is 5.67. The van der Waals surface area contributed by atoms with Crippen molar-refractivity contribution in [3.63, 3.8) is 0 Å². The Labute approximate surface area is 200 Å². The van der Waals surface area contributed by atoms with Crippen LogP contribution in [0.1, 0.15) is 41.4 Å². The maximum atomic E-state index is 13.3. The van der Waals surface area contributed by atoms with Crippen LogP contribution in [0.5, 0.6) is 0 Å². The van der Waals surface area contributed by atoms with E-state index in [1.54, 1.807) is 17.3 Å². The Morgan fingerprint density at radius 1 is 0.941 bits per heavy atom. The van der Waals surface area contributed by atoms with Gasteiger partial charge in [0, 0.05) is 64.0 Å². The summed E-state index contributed by atoms with van der Waals surface area (Å²) in [6.45, 7) is 4.53. The number of likely N-dealkylation sites (N-methyl/N-ethyl adjacent to an activating group) is 1. The van der Waals surface area contributed by atoms with Gasteiger partial charge in [-0.05, 0) is 31.5 Å². The van der Waals surface area contributed by atoms with Crippen molar-refractivity contribution in [2.45, 2.75) is 25.3 Å². The van der Waals surface area contributed by atoms with E-state index in [1.807, 2.05) is 29.3 Å². The van der Waals surface area contributed by atoms with Gasteiger partial charge in [-0.25, -0.2) is 15.0 Å². The van der Waals surface area contributed by atoms with Crippen LogP contribution in [0.25, 0.3) is 0 Å². The van der Waals surface area contributed by atoms with Crippen LogP contribution in [0, 0.1) is 5.92 Å². The first-order valence-corrected chi connectivity index (χ1v) is 12.1. The van der Waals surface area contributed by atoms with Crippen molar-refractivity contribution in [3.05, 3.63) is 53.9 Å². The van der Waals surface area contributed by atoms with Crippen LogP contribution in [0.3, 0.4) is 0 Å². The quantitative estimate of drug-likeness (QED) is 0.693. The van der Waals surface area contributed by atoms with E-state index in [0.29, 0.717) is 50.7 Å². The molecule has 2 fully saturated rings. The van der Waals surface area contributed by atoms with E-state index in [2.05, 4.69) is 44.0 Å². The van der Waals surface area contributed by atoms with E-state index >= 15 is 0 Å². The summed E-state index contributed by atoms with van der Waals surface area (Å²) in [4.78, 5) is 41.3. The van der Waals surface area contributed by atoms with Gasteiger partial charge in [0.1, 0.15) is 5.69 Å². The molecule has 2 aromatic rings. The number of piperidine rings is 1. The molecule has 1 atom stereocenters. The topological polar surface area (TPSA) is 85.2 Å². The maximum Gasteiger partial charge on any atom is 0.272 e. The largest absolute Gasteiger partial charge is 0.341 e. The van der Waals surface area contributed by atoms with E-state index in [1.165, 1.54) is 0 Å². The zero-order valence-corrected chi connectivity index (χ0v) is 19.6. The number of anilines is 1. The molecule has 9 nitrogen and oxygen atoms in total. The van der Waals surface area contributed by atoms with Gasteiger partial charge < -0.3 is 14.7 Å². The second-order valence-corrected chi connectivity index (χ2v) is 9.24. The summed E-state index contributed by atoms with van der Waals surface area (Å²) >= 11 is 0. The zero-order valence-electron chi connectivity index (χ0n) is 19.6. The first kappa shape index (κ1) is 22.5. The number of nitrogens with zero attached hydrogens (tertiary/aromatic N) is 7. The number of rotatable bonds is 4. The maximum absolute atomic E-state index is 13.3. The van der Waals surface area contributed by atoms with Crippen molar-refractivity contribution in [2.75, 3.05) is 51.2 Å². The number of benzene rings is 1. The van der Waals surface area contributed by atoms with Crippen LogP contribution < -0.4 is 4.90 Å². The van der Waals surface area contributed by atoms with Crippen LogP contribution in [0.2, 0.25) is 0 Å². The second-order valence-electron chi connectivity index (χ2n) is 9.24. The highest BCUT2D eigenvalue weighted by Gasteiger charge is 2.35. The van der Waals surface area contributed by atoms with Gasteiger partial charge in [-0.15, -0.1) is 0 Å². The fourth-order valence-corrected chi connectivity index (χ4v) is 4.88. The lowest BCUT2D eigenvalue weighted by atomic mass is 9.94.